The molecule has 1 aromatic carbocycles. The molecule has 0 unspecified atom stereocenters. The van der Waals surface area contributed by atoms with E-state index in [-0.39, 0.29) is 42.6 Å². The van der Waals surface area contributed by atoms with Crippen LogP contribution in [-0.4, -0.2) is 73.4 Å². The van der Waals surface area contributed by atoms with Gasteiger partial charge in [-0.1, -0.05) is 19.9 Å². The van der Waals surface area contributed by atoms with Crippen molar-refractivity contribution >= 4 is 30.1 Å². The molecule has 3 N–H and O–H groups in total. The number of amides is 3. The van der Waals surface area contributed by atoms with Crippen LogP contribution in [0.2, 0.25) is 0 Å². The van der Waals surface area contributed by atoms with E-state index in [4.69, 9.17) is 10.5 Å². The largest absolute Gasteiger partial charge is 0.497 e. The third-order valence-electron chi connectivity index (χ3n) is 4.67. The predicted molar refractivity (Wildman–Crippen MR) is 109 cm³/mol. The molecule has 1 atom stereocenters. The van der Waals surface area contributed by atoms with E-state index in [1.54, 1.807) is 41.2 Å². The topological polar surface area (TPSA) is 105 Å². The maximum Gasteiger partial charge on any atom is 0.254 e. The highest BCUT2D eigenvalue weighted by atomic mass is 35.5. The number of carbonyl (C=O) groups excluding carboxylic acids is 3. The lowest BCUT2D eigenvalue weighted by Gasteiger charge is -2.35. The highest BCUT2D eigenvalue weighted by Gasteiger charge is 2.26. The van der Waals surface area contributed by atoms with Gasteiger partial charge in [0.1, 0.15) is 5.75 Å². The van der Waals surface area contributed by atoms with Gasteiger partial charge >= 0.3 is 0 Å². The van der Waals surface area contributed by atoms with Gasteiger partial charge in [0.2, 0.25) is 11.8 Å². The van der Waals surface area contributed by atoms with E-state index in [2.05, 4.69) is 5.32 Å². The molecule has 1 aromatic rings. The number of nitrogens with one attached hydrogen (secondary N) is 1. The Morgan fingerprint density at radius 3 is 2.32 bits per heavy atom. The summed E-state index contributed by atoms with van der Waals surface area (Å²) < 4.78 is 5.15. The molecule has 1 aliphatic rings. The van der Waals surface area contributed by atoms with Gasteiger partial charge in [-0.05, 0) is 24.1 Å². The summed E-state index contributed by atoms with van der Waals surface area (Å²) in [6.45, 7) is 5.38. The van der Waals surface area contributed by atoms with E-state index in [9.17, 15) is 14.4 Å². The zero-order chi connectivity index (χ0) is 20.0. The fourth-order valence-corrected chi connectivity index (χ4v) is 2.79. The smallest absolute Gasteiger partial charge is 0.254 e. The number of hydrogen-bond acceptors (Lipinski definition) is 5. The van der Waals surface area contributed by atoms with E-state index in [1.165, 1.54) is 0 Å². The molecule has 1 fully saturated rings. The third-order valence-corrected chi connectivity index (χ3v) is 4.67. The molecule has 28 heavy (non-hydrogen) atoms. The first-order valence-electron chi connectivity index (χ1n) is 9.08. The van der Waals surface area contributed by atoms with Crippen LogP contribution in [0.1, 0.15) is 24.2 Å². The Kier molecular flexibility index (Phi) is 9.21. The maximum atomic E-state index is 12.6. The summed E-state index contributed by atoms with van der Waals surface area (Å²) in [6, 6.07) is 6.38. The summed E-state index contributed by atoms with van der Waals surface area (Å²) in [6.07, 6.45) is 0. The number of piperazine rings is 1. The molecule has 1 aliphatic heterocycles. The van der Waals surface area contributed by atoms with Crippen molar-refractivity contribution in [1.82, 2.24) is 15.1 Å². The van der Waals surface area contributed by atoms with E-state index in [1.807, 2.05) is 13.8 Å². The molecular weight excluding hydrogens is 384 g/mol. The second-order valence-corrected chi connectivity index (χ2v) is 6.89. The zero-order valence-corrected chi connectivity index (χ0v) is 17.3. The van der Waals surface area contributed by atoms with Crippen molar-refractivity contribution in [3.05, 3.63) is 29.8 Å². The lowest BCUT2D eigenvalue weighted by molar-refractivity contribution is -0.134. The second kappa shape index (κ2) is 10.9. The number of carbonyl (C=O) groups is 3. The molecule has 0 bridgehead atoms. The van der Waals surface area contributed by atoms with Gasteiger partial charge in [-0.2, -0.15) is 0 Å². The monoisotopic (exact) mass is 412 g/mol. The minimum atomic E-state index is -0.630. The van der Waals surface area contributed by atoms with Crippen LogP contribution in [0.3, 0.4) is 0 Å². The normalized spacial score (nSPS) is 14.9. The SMILES string of the molecule is COc1cccc(C(=O)N2CCN(C(=O)CNC(=O)[C@@H](N)C(C)C)CC2)c1.Cl. The Morgan fingerprint density at radius 2 is 1.75 bits per heavy atom. The van der Waals surface area contributed by atoms with Gasteiger partial charge in [0.15, 0.2) is 0 Å². The fourth-order valence-electron chi connectivity index (χ4n) is 2.79. The molecule has 1 heterocycles. The number of nitrogens with two attached hydrogens (primary N) is 1. The Hall–Kier alpha value is -2.32. The van der Waals surface area contributed by atoms with Crippen LogP contribution in [0.25, 0.3) is 0 Å². The molecule has 8 nitrogen and oxygen atoms in total. The van der Waals surface area contributed by atoms with Gasteiger partial charge in [-0.25, -0.2) is 0 Å². The van der Waals surface area contributed by atoms with Crippen LogP contribution in [0.4, 0.5) is 0 Å². The minimum Gasteiger partial charge on any atom is -0.497 e. The van der Waals surface area contributed by atoms with E-state index < -0.39 is 6.04 Å². The van der Waals surface area contributed by atoms with Crippen LogP contribution < -0.4 is 15.8 Å². The standard InChI is InChI=1S/C19H28N4O4.ClH/c1-13(2)17(20)18(25)21-12-16(24)22-7-9-23(10-8-22)19(26)14-5-4-6-15(11-14)27-3;/h4-6,11,13,17H,7-10,12,20H2,1-3H3,(H,21,25);1H/t17-;/m0./s1. The molecular formula is C19H29ClN4O4. The van der Waals surface area contributed by atoms with Gasteiger partial charge in [0.05, 0.1) is 19.7 Å². The molecule has 3 amide bonds. The Labute approximate surface area is 171 Å². The number of benzene rings is 1. The van der Waals surface area contributed by atoms with Crippen LogP contribution in [0.15, 0.2) is 24.3 Å². The lowest BCUT2D eigenvalue weighted by Crippen LogP contribution is -2.53. The van der Waals surface area contributed by atoms with Crippen molar-refractivity contribution in [3.8, 4) is 5.75 Å². The Morgan fingerprint density at radius 1 is 1.14 bits per heavy atom. The summed E-state index contributed by atoms with van der Waals surface area (Å²) in [5.41, 5.74) is 6.32. The van der Waals surface area contributed by atoms with Gasteiger partial charge in [0.25, 0.3) is 5.91 Å². The van der Waals surface area contributed by atoms with E-state index >= 15 is 0 Å². The minimum absolute atomic E-state index is 0. The summed E-state index contributed by atoms with van der Waals surface area (Å²) in [5.74, 6) is 0.0477. The summed E-state index contributed by atoms with van der Waals surface area (Å²) in [4.78, 5) is 40.1. The van der Waals surface area contributed by atoms with Crippen molar-refractivity contribution in [3.63, 3.8) is 0 Å². The molecule has 0 aromatic heterocycles. The van der Waals surface area contributed by atoms with Gasteiger partial charge in [-0.15, -0.1) is 12.4 Å². The molecule has 0 saturated carbocycles. The summed E-state index contributed by atoms with van der Waals surface area (Å²) in [7, 11) is 1.56. The number of halogens is 1. The maximum absolute atomic E-state index is 12.6. The van der Waals surface area contributed by atoms with Crippen LogP contribution in [0, 0.1) is 5.92 Å². The highest BCUT2D eigenvalue weighted by molar-refractivity contribution is 5.95. The lowest BCUT2D eigenvalue weighted by atomic mass is 10.1. The van der Waals surface area contributed by atoms with E-state index in [0.717, 1.165) is 0 Å². The van der Waals surface area contributed by atoms with Crippen molar-refractivity contribution in [1.29, 1.82) is 0 Å². The first kappa shape index (κ1) is 23.7. The first-order valence-corrected chi connectivity index (χ1v) is 9.08. The van der Waals surface area contributed by atoms with Gasteiger partial charge in [0, 0.05) is 31.7 Å². The van der Waals surface area contributed by atoms with Crippen molar-refractivity contribution in [2.24, 2.45) is 11.7 Å². The number of ether oxygens (including phenoxy) is 1. The molecule has 9 heteroatoms. The van der Waals surface area contributed by atoms with Crippen LogP contribution >= 0.6 is 12.4 Å². The highest BCUT2D eigenvalue weighted by Crippen LogP contribution is 2.15. The average molecular weight is 413 g/mol. The second-order valence-electron chi connectivity index (χ2n) is 6.89. The number of methoxy groups -OCH3 is 1. The molecule has 2 rings (SSSR count). The fraction of sp³-hybridized carbons (Fsp3) is 0.526. The average Bonchev–Trinajstić information content (AvgIpc) is 2.70. The number of nitrogens with zero attached hydrogens (tertiary/aromatic N) is 2. The Balaban J connectivity index is 0.00000392. The number of hydrogen-bond donors (Lipinski definition) is 2. The molecule has 0 aliphatic carbocycles. The van der Waals surface area contributed by atoms with E-state index in [0.29, 0.717) is 37.5 Å². The van der Waals surface area contributed by atoms with Crippen molar-refractivity contribution in [2.75, 3.05) is 39.8 Å². The molecule has 156 valence electrons. The van der Waals surface area contributed by atoms with Crippen molar-refractivity contribution < 1.29 is 19.1 Å². The Bertz CT molecular complexity index is 690. The number of rotatable bonds is 6. The summed E-state index contributed by atoms with van der Waals surface area (Å²) in [5, 5.41) is 2.58. The van der Waals surface area contributed by atoms with Crippen LogP contribution in [-0.2, 0) is 9.59 Å². The molecule has 1 saturated heterocycles. The zero-order valence-electron chi connectivity index (χ0n) is 16.5. The summed E-state index contributed by atoms with van der Waals surface area (Å²) >= 11 is 0. The quantitative estimate of drug-likeness (QED) is 0.707. The predicted octanol–water partition coefficient (Wildman–Crippen LogP) is 0.501. The third kappa shape index (κ3) is 6.10. The van der Waals surface area contributed by atoms with Crippen LogP contribution in [0.5, 0.6) is 5.75 Å². The molecule has 0 spiro atoms. The van der Waals surface area contributed by atoms with Gasteiger partial charge < -0.3 is 25.6 Å². The first-order chi connectivity index (χ1) is 12.8. The van der Waals surface area contributed by atoms with Crippen molar-refractivity contribution in [2.45, 2.75) is 19.9 Å². The molecule has 0 radical (unpaired) electrons. The van der Waals surface area contributed by atoms with Gasteiger partial charge in [-0.3, -0.25) is 14.4 Å².